The van der Waals surface area contributed by atoms with Crippen molar-refractivity contribution in [2.45, 2.75) is 11.3 Å². The van der Waals surface area contributed by atoms with E-state index in [1.165, 1.54) is 12.1 Å². The van der Waals surface area contributed by atoms with Crippen LogP contribution in [-0.2, 0) is 10.0 Å². The first-order chi connectivity index (χ1) is 20.9. The SMILES string of the molecule is O=S(=O)(NCCCNc1nccc(-c2[nH]c(-c3ccccc3)nc2-c2ccc(F)c(O)c2)n1)c1cccc2ccccc12. The molecule has 0 bridgehead atoms. The number of benzene rings is 4. The molecule has 0 aliphatic rings. The van der Waals surface area contributed by atoms with Crippen molar-refractivity contribution in [3.63, 3.8) is 0 Å². The second kappa shape index (κ2) is 12.0. The first-order valence-electron chi connectivity index (χ1n) is 13.6. The highest BCUT2D eigenvalue weighted by Gasteiger charge is 2.19. The van der Waals surface area contributed by atoms with Crippen LogP contribution in [-0.4, -0.2) is 46.5 Å². The normalized spacial score (nSPS) is 11.6. The van der Waals surface area contributed by atoms with Gasteiger partial charge in [0, 0.05) is 35.8 Å². The number of phenolic OH excluding ortho intramolecular Hbond substituents is 1. The lowest BCUT2D eigenvalue weighted by atomic mass is 10.1. The molecular weight excluding hydrogens is 567 g/mol. The van der Waals surface area contributed by atoms with Gasteiger partial charge in [0.25, 0.3) is 0 Å². The molecule has 0 fully saturated rings. The average molecular weight is 595 g/mol. The fourth-order valence-corrected chi connectivity index (χ4v) is 6.05. The van der Waals surface area contributed by atoms with Gasteiger partial charge in [0.2, 0.25) is 16.0 Å². The van der Waals surface area contributed by atoms with Gasteiger partial charge in [-0.25, -0.2) is 32.5 Å². The van der Waals surface area contributed by atoms with Crippen molar-refractivity contribution in [3.8, 4) is 39.8 Å². The van der Waals surface area contributed by atoms with Crippen LogP contribution in [0.3, 0.4) is 0 Å². The van der Waals surface area contributed by atoms with Gasteiger partial charge in [-0.05, 0) is 42.1 Å². The van der Waals surface area contributed by atoms with Crippen LogP contribution in [0.1, 0.15) is 6.42 Å². The molecule has 43 heavy (non-hydrogen) atoms. The zero-order chi connectivity index (χ0) is 29.8. The molecule has 6 rings (SSSR count). The van der Waals surface area contributed by atoms with Gasteiger partial charge in [0.1, 0.15) is 5.82 Å². The van der Waals surface area contributed by atoms with Gasteiger partial charge in [0.05, 0.1) is 22.0 Å². The van der Waals surface area contributed by atoms with Crippen LogP contribution in [0.4, 0.5) is 10.3 Å². The second-order valence-corrected chi connectivity index (χ2v) is 11.5. The van der Waals surface area contributed by atoms with E-state index in [1.807, 2.05) is 54.6 Å². The molecule has 4 aromatic carbocycles. The molecule has 0 spiro atoms. The van der Waals surface area contributed by atoms with Gasteiger partial charge in [0.15, 0.2) is 11.6 Å². The first-order valence-corrected chi connectivity index (χ1v) is 15.1. The Balaban J connectivity index is 1.17. The molecule has 0 saturated carbocycles. The van der Waals surface area contributed by atoms with Gasteiger partial charge >= 0.3 is 0 Å². The number of fused-ring (bicyclic) bond motifs is 1. The minimum Gasteiger partial charge on any atom is -0.505 e. The van der Waals surface area contributed by atoms with E-state index in [0.717, 1.165) is 10.9 Å². The summed E-state index contributed by atoms with van der Waals surface area (Å²) < 4.78 is 42.4. The van der Waals surface area contributed by atoms with Crippen molar-refractivity contribution in [2.75, 3.05) is 18.4 Å². The Morgan fingerprint density at radius 1 is 0.837 bits per heavy atom. The van der Waals surface area contributed by atoms with Crippen molar-refractivity contribution >= 4 is 26.7 Å². The van der Waals surface area contributed by atoms with Crippen LogP contribution >= 0.6 is 0 Å². The second-order valence-electron chi connectivity index (χ2n) is 9.76. The number of aromatic hydroxyl groups is 1. The lowest BCUT2D eigenvalue weighted by Crippen LogP contribution is -2.26. The summed E-state index contributed by atoms with van der Waals surface area (Å²) in [4.78, 5) is 17.2. The lowest BCUT2D eigenvalue weighted by Gasteiger charge is -2.10. The Morgan fingerprint density at radius 2 is 1.63 bits per heavy atom. The van der Waals surface area contributed by atoms with Gasteiger partial charge < -0.3 is 15.4 Å². The fraction of sp³-hybridized carbons (Fsp3) is 0.0938. The average Bonchev–Trinajstić information content (AvgIpc) is 3.48. The molecule has 216 valence electrons. The number of anilines is 1. The molecule has 0 radical (unpaired) electrons. The summed E-state index contributed by atoms with van der Waals surface area (Å²) >= 11 is 0. The number of nitrogens with one attached hydrogen (secondary N) is 3. The van der Waals surface area contributed by atoms with Gasteiger partial charge in [-0.2, -0.15) is 0 Å². The number of aromatic amines is 1. The number of hydrogen-bond donors (Lipinski definition) is 4. The Bertz CT molecular complexity index is 2010. The quantitative estimate of drug-likeness (QED) is 0.143. The van der Waals surface area contributed by atoms with Crippen LogP contribution in [0, 0.1) is 5.82 Å². The molecule has 6 aromatic rings. The third kappa shape index (κ3) is 6.08. The van der Waals surface area contributed by atoms with Crippen molar-refractivity contribution in [1.82, 2.24) is 24.7 Å². The summed E-state index contributed by atoms with van der Waals surface area (Å²) in [5, 5.41) is 14.7. The number of halogens is 1. The van der Waals surface area contributed by atoms with E-state index < -0.39 is 21.6 Å². The van der Waals surface area contributed by atoms with Crippen LogP contribution < -0.4 is 10.0 Å². The maximum absolute atomic E-state index is 13.8. The molecule has 9 nitrogen and oxygen atoms in total. The number of imidazole rings is 1. The van der Waals surface area contributed by atoms with Crippen molar-refractivity contribution in [2.24, 2.45) is 0 Å². The zero-order valence-corrected chi connectivity index (χ0v) is 23.6. The van der Waals surface area contributed by atoms with E-state index in [0.29, 0.717) is 52.8 Å². The standard InChI is InChI=1S/C32H27FN6O3S/c33-25-15-14-23(20-27(25)40)29-30(39-31(38-29)22-9-2-1-3-10-22)26-16-19-35-32(37-26)34-17-7-18-36-43(41,42)28-13-6-11-21-8-4-5-12-24(21)28/h1-6,8-16,19-20,36,40H,7,17-18H2,(H,38,39)(H,34,35,37). The Hall–Kier alpha value is -5.13. The summed E-state index contributed by atoms with van der Waals surface area (Å²) in [5.41, 5.74) is 2.95. The Labute approximate surface area is 247 Å². The predicted octanol–water partition coefficient (Wildman–Crippen LogP) is 5.98. The summed E-state index contributed by atoms with van der Waals surface area (Å²) in [6.07, 6.45) is 2.09. The van der Waals surface area contributed by atoms with Crippen molar-refractivity contribution < 1.29 is 17.9 Å². The van der Waals surface area contributed by atoms with E-state index in [2.05, 4.69) is 25.0 Å². The highest BCUT2D eigenvalue weighted by atomic mass is 32.2. The van der Waals surface area contributed by atoms with Gasteiger partial charge in [-0.1, -0.05) is 66.7 Å². The molecule has 0 unspecified atom stereocenters. The van der Waals surface area contributed by atoms with Crippen LogP contribution in [0.15, 0.2) is 108 Å². The van der Waals surface area contributed by atoms with Crippen molar-refractivity contribution in [3.05, 3.63) is 109 Å². The van der Waals surface area contributed by atoms with E-state index in [-0.39, 0.29) is 11.4 Å². The molecule has 11 heteroatoms. The highest BCUT2D eigenvalue weighted by Crippen LogP contribution is 2.34. The topological polar surface area (TPSA) is 133 Å². The summed E-state index contributed by atoms with van der Waals surface area (Å²) in [6.45, 7) is 0.635. The molecule has 0 saturated heterocycles. The maximum atomic E-state index is 13.8. The van der Waals surface area contributed by atoms with Crippen LogP contribution in [0.5, 0.6) is 5.75 Å². The highest BCUT2D eigenvalue weighted by molar-refractivity contribution is 7.89. The molecule has 2 aromatic heterocycles. The lowest BCUT2D eigenvalue weighted by molar-refractivity contribution is 0.432. The minimum absolute atomic E-state index is 0.220. The molecule has 0 atom stereocenters. The summed E-state index contributed by atoms with van der Waals surface area (Å²) in [7, 11) is -3.69. The van der Waals surface area contributed by atoms with Gasteiger partial charge in [-0.3, -0.25) is 0 Å². The molecule has 4 N–H and O–H groups in total. The smallest absolute Gasteiger partial charge is 0.241 e. The number of rotatable bonds is 10. The number of nitrogens with zero attached hydrogens (tertiary/aromatic N) is 3. The molecule has 2 heterocycles. The molecular formula is C32H27FN6O3S. The number of hydrogen-bond acceptors (Lipinski definition) is 7. The first kappa shape index (κ1) is 28.0. The molecule has 0 aliphatic carbocycles. The van der Waals surface area contributed by atoms with E-state index >= 15 is 0 Å². The van der Waals surface area contributed by atoms with E-state index in [9.17, 15) is 17.9 Å². The monoisotopic (exact) mass is 594 g/mol. The van der Waals surface area contributed by atoms with Crippen LogP contribution in [0.2, 0.25) is 0 Å². The van der Waals surface area contributed by atoms with Crippen LogP contribution in [0.25, 0.3) is 44.8 Å². The van der Waals surface area contributed by atoms with Gasteiger partial charge in [-0.15, -0.1) is 0 Å². The zero-order valence-electron chi connectivity index (χ0n) is 22.8. The van der Waals surface area contributed by atoms with E-state index in [4.69, 9.17) is 4.98 Å². The summed E-state index contributed by atoms with van der Waals surface area (Å²) in [5.74, 6) is -0.273. The third-order valence-corrected chi connectivity index (χ3v) is 8.37. The summed E-state index contributed by atoms with van der Waals surface area (Å²) in [6, 6.07) is 27.9. The Kier molecular flexibility index (Phi) is 7.82. The predicted molar refractivity (Wildman–Crippen MR) is 164 cm³/mol. The number of aromatic nitrogens is 4. The Morgan fingerprint density at radius 3 is 2.47 bits per heavy atom. The maximum Gasteiger partial charge on any atom is 0.241 e. The largest absolute Gasteiger partial charge is 0.505 e. The third-order valence-electron chi connectivity index (χ3n) is 6.85. The number of sulfonamides is 1. The van der Waals surface area contributed by atoms with Crippen molar-refractivity contribution in [1.29, 1.82) is 0 Å². The molecule has 0 amide bonds. The number of phenols is 1. The number of H-pyrrole nitrogens is 1. The fourth-order valence-electron chi connectivity index (χ4n) is 4.75. The van der Waals surface area contributed by atoms with E-state index in [1.54, 1.807) is 36.5 Å². The molecule has 0 aliphatic heterocycles. The minimum atomic E-state index is -3.69.